The Morgan fingerprint density at radius 2 is 2.19 bits per heavy atom. The summed E-state index contributed by atoms with van der Waals surface area (Å²) in [5.41, 5.74) is 0.0759. The number of rotatable bonds is 3. The Morgan fingerprint density at radius 1 is 1.56 bits per heavy atom. The number of hydrogen-bond acceptors (Lipinski definition) is 4. The van der Waals surface area contributed by atoms with E-state index in [9.17, 15) is 4.79 Å². The van der Waals surface area contributed by atoms with Gasteiger partial charge in [-0.2, -0.15) is 0 Å². The summed E-state index contributed by atoms with van der Waals surface area (Å²) >= 11 is 1.41. The summed E-state index contributed by atoms with van der Waals surface area (Å²) in [7, 11) is 1.48. The van der Waals surface area contributed by atoms with Crippen molar-refractivity contribution in [1.82, 2.24) is 5.32 Å². The molecule has 16 heavy (non-hydrogen) atoms. The van der Waals surface area contributed by atoms with Crippen LogP contribution in [0.5, 0.6) is 0 Å². The third-order valence-corrected chi connectivity index (χ3v) is 2.30. The minimum atomic E-state index is -0.576. The molecule has 0 radical (unpaired) electrons. The lowest BCUT2D eigenvalue weighted by Gasteiger charge is -2.17. The van der Waals surface area contributed by atoms with Crippen LogP contribution in [-0.4, -0.2) is 23.9 Å². The van der Waals surface area contributed by atoms with E-state index in [1.165, 1.54) is 18.8 Å². The highest BCUT2D eigenvalue weighted by molar-refractivity contribution is 8.14. The van der Waals surface area contributed by atoms with E-state index in [4.69, 9.17) is 6.42 Å². The predicted molar refractivity (Wildman–Crippen MR) is 68.3 cm³/mol. The Kier molecular flexibility index (Phi) is 6.66. The molecule has 0 atom stereocenters. The van der Waals surface area contributed by atoms with E-state index in [0.717, 1.165) is 11.5 Å². The Morgan fingerprint density at radius 3 is 2.62 bits per heavy atom. The number of nitrogens with one attached hydrogen (secondary N) is 1. The fourth-order valence-electron chi connectivity index (χ4n) is 0.826. The summed E-state index contributed by atoms with van der Waals surface area (Å²) < 4.78 is 0. The second-order valence-corrected chi connectivity index (χ2v) is 5.39. The first-order valence-electron chi connectivity index (χ1n) is 4.91. The molecule has 0 aliphatic heterocycles. The summed E-state index contributed by atoms with van der Waals surface area (Å²) in [4.78, 5) is 15.5. The minimum absolute atomic E-state index is 0.0759. The van der Waals surface area contributed by atoms with Gasteiger partial charge >= 0.3 is 6.09 Å². The molecule has 0 aliphatic carbocycles. The largest absolute Gasteiger partial charge is 0.433 e. The molecule has 0 aromatic carbocycles. The van der Waals surface area contributed by atoms with Crippen molar-refractivity contribution in [3.63, 3.8) is 0 Å². The zero-order chi connectivity index (χ0) is 12.6. The summed E-state index contributed by atoms with van der Waals surface area (Å²) in [6, 6.07) is 0. The van der Waals surface area contributed by atoms with Crippen molar-refractivity contribution < 1.29 is 9.63 Å². The first kappa shape index (κ1) is 14.8. The van der Waals surface area contributed by atoms with Crippen molar-refractivity contribution in [2.45, 2.75) is 27.2 Å². The lowest BCUT2D eigenvalue weighted by molar-refractivity contribution is 0.153. The van der Waals surface area contributed by atoms with Crippen molar-refractivity contribution >= 4 is 22.9 Å². The zero-order valence-corrected chi connectivity index (χ0v) is 11.0. The van der Waals surface area contributed by atoms with E-state index < -0.39 is 6.09 Å². The van der Waals surface area contributed by atoms with Gasteiger partial charge in [-0.1, -0.05) is 43.6 Å². The molecule has 0 fully saturated rings. The number of hydrogen-bond donors (Lipinski definition) is 1. The van der Waals surface area contributed by atoms with Gasteiger partial charge in [-0.05, 0) is 5.41 Å². The fourth-order valence-corrected chi connectivity index (χ4v) is 1.70. The highest BCUT2D eigenvalue weighted by Crippen LogP contribution is 2.23. The SMILES string of the molecule is C#CCSC(CC(C)(C)C)=NOC(=O)NC. The molecular formula is C11H18N2O2S. The third kappa shape index (κ3) is 8.18. The predicted octanol–water partition coefficient (Wildman–Crippen LogP) is 2.46. The molecule has 0 unspecified atom stereocenters. The Balaban J connectivity index is 4.42. The molecule has 90 valence electrons. The Bertz CT molecular complexity index is 300. The van der Waals surface area contributed by atoms with Gasteiger partial charge in [0.15, 0.2) is 0 Å². The maximum absolute atomic E-state index is 10.9. The topological polar surface area (TPSA) is 50.7 Å². The maximum atomic E-state index is 10.9. The van der Waals surface area contributed by atoms with Gasteiger partial charge in [0.25, 0.3) is 0 Å². The maximum Gasteiger partial charge on any atom is 0.433 e. The molecule has 0 spiro atoms. The molecule has 5 heteroatoms. The van der Waals surface area contributed by atoms with Gasteiger partial charge in [0.2, 0.25) is 0 Å². The molecule has 0 aromatic rings. The second kappa shape index (κ2) is 7.18. The highest BCUT2D eigenvalue weighted by Gasteiger charge is 2.15. The number of terminal acetylenes is 1. The van der Waals surface area contributed by atoms with Gasteiger partial charge < -0.3 is 5.32 Å². The first-order chi connectivity index (χ1) is 7.39. The number of oxime groups is 1. The third-order valence-electron chi connectivity index (χ3n) is 1.44. The monoisotopic (exact) mass is 242 g/mol. The molecule has 4 nitrogen and oxygen atoms in total. The van der Waals surface area contributed by atoms with Crippen molar-refractivity contribution in [2.75, 3.05) is 12.8 Å². The van der Waals surface area contributed by atoms with Crippen molar-refractivity contribution in [3.8, 4) is 12.3 Å². The normalized spacial score (nSPS) is 11.8. The summed E-state index contributed by atoms with van der Waals surface area (Å²) in [6.07, 6.45) is 5.32. The average Bonchev–Trinajstić information content (AvgIpc) is 2.19. The van der Waals surface area contributed by atoms with Crippen LogP contribution in [0.15, 0.2) is 5.16 Å². The molecule has 0 heterocycles. The number of carbonyl (C=O) groups is 1. The van der Waals surface area contributed by atoms with E-state index in [0.29, 0.717) is 5.75 Å². The van der Waals surface area contributed by atoms with Gasteiger partial charge in [-0.15, -0.1) is 6.42 Å². The molecule has 0 saturated carbocycles. The molecule has 0 aromatic heterocycles. The van der Waals surface area contributed by atoms with Gasteiger partial charge in [0.1, 0.15) is 5.04 Å². The van der Waals surface area contributed by atoms with Crippen LogP contribution in [0.25, 0.3) is 0 Å². The smallest absolute Gasteiger partial charge is 0.323 e. The zero-order valence-electron chi connectivity index (χ0n) is 10.2. The van der Waals surface area contributed by atoms with Gasteiger partial charge in [-0.25, -0.2) is 4.79 Å². The van der Waals surface area contributed by atoms with E-state index in [2.05, 4.69) is 42.0 Å². The van der Waals surface area contributed by atoms with Crippen LogP contribution in [0.4, 0.5) is 4.79 Å². The molecule has 0 bridgehead atoms. The van der Waals surface area contributed by atoms with Crippen LogP contribution >= 0.6 is 11.8 Å². The van der Waals surface area contributed by atoms with Gasteiger partial charge in [-0.3, -0.25) is 4.84 Å². The summed E-state index contributed by atoms with van der Waals surface area (Å²) in [5.74, 6) is 3.03. The lowest BCUT2D eigenvalue weighted by Crippen LogP contribution is -2.18. The number of carbonyl (C=O) groups excluding carboxylic acids is 1. The van der Waals surface area contributed by atoms with Crippen LogP contribution in [0.1, 0.15) is 27.2 Å². The lowest BCUT2D eigenvalue weighted by atomic mass is 9.93. The minimum Gasteiger partial charge on any atom is -0.323 e. The van der Waals surface area contributed by atoms with E-state index in [1.807, 2.05) is 0 Å². The van der Waals surface area contributed by atoms with Crippen LogP contribution in [0.2, 0.25) is 0 Å². The fraction of sp³-hybridized carbons (Fsp3) is 0.636. The molecule has 0 saturated heterocycles. The second-order valence-electron chi connectivity index (χ2n) is 4.34. The molecule has 0 rings (SSSR count). The highest BCUT2D eigenvalue weighted by atomic mass is 32.2. The number of thioether (sulfide) groups is 1. The van der Waals surface area contributed by atoms with Crippen molar-refractivity contribution in [1.29, 1.82) is 0 Å². The van der Waals surface area contributed by atoms with Crippen LogP contribution in [0, 0.1) is 17.8 Å². The van der Waals surface area contributed by atoms with Gasteiger partial charge in [0, 0.05) is 13.5 Å². The molecule has 1 N–H and O–H groups in total. The summed E-state index contributed by atoms with van der Waals surface area (Å²) in [6.45, 7) is 6.25. The van der Waals surface area contributed by atoms with Gasteiger partial charge in [0.05, 0.1) is 5.75 Å². The van der Waals surface area contributed by atoms with Crippen molar-refractivity contribution in [3.05, 3.63) is 0 Å². The first-order valence-corrected chi connectivity index (χ1v) is 5.89. The number of amides is 1. The quantitative estimate of drug-likeness (QED) is 0.272. The Labute approximate surface area is 101 Å². The average molecular weight is 242 g/mol. The van der Waals surface area contributed by atoms with E-state index in [-0.39, 0.29) is 5.41 Å². The van der Waals surface area contributed by atoms with Crippen LogP contribution in [-0.2, 0) is 4.84 Å². The Hall–Kier alpha value is -1.15. The van der Waals surface area contributed by atoms with E-state index >= 15 is 0 Å². The summed E-state index contributed by atoms with van der Waals surface area (Å²) in [5, 5.41) is 6.84. The number of nitrogens with zero attached hydrogens (tertiary/aromatic N) is 1. The molecule has 1 amide bonds. The molecular weight excluding hydrogens is 224 g/mol. The van der Waals surface area contributed by atoms with Crippen molar-refractivity contribution in [2.24, 2.45) is 10.6 Å². The van der Waals surface area contributed by atoms with Crippen LogP contribution in [0.3, 0.4) is 0 Å². The van der Waals surface area contributed by atoms with Crippen LogP contribution < -0.4 is 5.32 Å². The molecule has 0 aliphatic rings. The standard InChI is InChI=1S/C11H18N2O2S/c1-6-7-16-9(8-11(2,3)4)13-15-10(14)12-5/h1H,7-8H2,2-5H3,(H,12,14). The van der Waals surface area contributed by atoms with E-state index in [1.54, 1.807) is 0 Å².